The predicted molar refractivity (Wildman–Crippen MR) is 113 cm³/mol. The number of nitrogens with zero attached hydrogens (tertiary/aromatic N) is 3. The molecular weight excluding hydrogens is 350 g/mol. The van der Waals surface area contributed by atoms with Crippen LogP contribution in [0.1, 0.15) is 0 Å². The minimum Gasteiger partial charge on any atom is -0.383 e. The predicted octanol–water partition coefficient (Wildman–Crippen LogP) is 4.01. The molecule has 138 valence electrons. The fraction of sp³-hybridized carbons (Fsp3) is 0.0455. The zero-order valence-electron chi connectivity index (χ0n) is 15.4. The SMILES string of the molecule is C=CC(=O)Nc1ccc(-c2c(-c3ccccc3)c3c(N)ncnc3n2C)cc1. The van der Waals surface area contributed by atoms with Gasteiger partial charge in [-0.1, -0.05) is 49.0 Å². The highest BCUT2D eigenvalue weighted by Crippen LogP contribution is 2.41. The van der Waals surface area contributed by atoms with Crippen LogP contribution in [-0.4, -0.2) is 20.4 Å². The quantitative estimate of drug-likeness (QED) is 0.532. The molecule has 0 radical (unpaired) electrons. The van der Waals surface area contributed by atoms with E-state index in [1.54, 1.807) is 0 Å². The van der Waals surface area contributed by atoms with Gasteiger partial charge in [-0.05, 0) is 29.3 Å². The van der Waals surface area contributed by atoms with Crippen molar-refractivity contribution in [1.82, 2.24) is 14.5 Å². The largest absolute Gasteiger partial charge is 0.383 e. The van der Waals surface area contributed by atoms with Crippen LogP contribution in [0.15, 0.2) is 73.6 Å². The molecule has 0 aliphatic carbocycles. The molecule has 0 spiro atoms. The van der Waals surface area contributed by atoms with Crippen molar-refractivity contribution in [3.63, 3.8) is 0 Å². The smallest absolute Gasteiger partial charge is 0.247 e. The second-order valence-corrected chi connectivity index (χ2v) is 6.38. The molecule has 28 heavy (non-hydrogen) atoms. The summed E-state index contributed by atoms with van der Waals surface area (Å²) in [6.07, 6.45) is 2.72. The molecule has 1 amide bonds. The van der Waals surface area contributed by atoms with Crippen LogP contribution in [0.25, 0.3) is 33.4 Å². The molecule has 4 aromatic rings. The lowest BCUT2D eigenvalue weighted by atomic mass is 9.99. The van der Waals surface area contributed by atoms with Crippen molar-refractivity contribution < 1.29 is 4.79 Å². The first-order valence-electron chi connectivity index (χ1n) is 8.78. The number of hydrogen-bond acceptors (Lipinski definition) is 4. The zero-order chi connectivity index (χ0) is 19.7. The minimum absolute atomic E-state index is 0.245. The number of aryl methyl sites for hydroxylation is 1. The number of carbonyl (C=O) groups excluding carboxylic acids is 1. The van der Waals surface area contributed by atoms with E-state index in [9.17, 15) is 4.79 Å². The number of nitrogen functional groups attached to an aromatic ring is 1. The Kier molecular flexibility index (Phi) is 4.37. The van der Waals surface area contributed by atoms with Crippen molar-refractivity contribution in [2.45, 2.75) is 0 Å². The van der Waals surface area contributed by atoms with Gasteiger partial charge in [0.15, 0.2) is 0 Å². The van der Waals surface area contributed by atoms with Gasteiger partial charge < -0.3 is 15.6 Å². The van der Waals surface area contributed by atoms with Crippen LogP contribution in [0.3, 0.4) is 0 Å². The zero-order valence-corrected chi connectivity index (χ0v) is 15.4. The van der Waals surface area contributed by atoms with Gasteiger partial charge in [-0.3, -0.25) is 4.79 Å². The Labute approximate surface area is 162 Å². The molecule has 0 saturated carbocycles. The number of carbonyl (C=O) groups is 1. The van der Waals surface area contributed by atoms with E-state index in [1.165, 1.54) is 12.4 Å². The summed E-state index contributed by atoms with van der Waals surface area (Å²) in [7, 11) is 1.96. The molecule has 0 aliphatic heterocycles. The number of nitrogens with one attached hydrogen (secondary N) is 1. The Morgan fingerprint density at radius 2 is 1.79 bits per heavy atom. The van der Waals surface area contributed by atoms with Gasteiger partial charge >= 0.3 is 0 Å². The molecule has 0 aliphatic rings. The Hall–Kier alpha value is -3.93. The van der Waals surface area contributed by atoms with Gasteiger partial charge in [0, 0.05) is 18.3 Å². The third-order valence-corrected chi connectivity index (χ3v) is 4.67. The van der Waals surface area contributed by atoms with Gasteiger partial charge in [0.25, 0.3) is 0 Å². The van der Waals surface area contributed by atoms with Gasteiger partial charge in [0.2, 0.25) is 5.91 Å². The molecule has 4 rings (SSSR count). The minimum atomic E-state index is -0.245. The van der Waals surface area contributed by atoms with E-state index in [0.29, 0.717) is 11.5 Å². The highest BCUT2D eigenvalue weighted by atomic mass is 16.1. The van der Waals surface area contributed by atoms with E-state index >= 15 is 0 Å². The first-order valence-corrected chi connectivity index (χ1v) is 8.78. The first kappa shape index (κ1) is 17.5. The van der Waals surface area contributed by atoms with E-state index in [4.69, 9.17) is 5.73 Å². The lowest BCUT2D eigenvalue weighted by molar-refractivity contribution is -0.111. The lowest BCUT2D eigenvalue weighted by Gasteiger charge is -2.10. The highest BCUT2D eigenvalue weighted by Gasteiger charge is 2.21. The summed E-state index contributed by atoms with van der Waals surface area (Å²) in [5.74, 6) is 0.200. The van der Waals surface area contributed by atoms with Gasteiger partial charge in [-0.25, -0.2) is 9.97 Å². The third kappa shape index (κ3) is 2.91. The number of anilines is 2. The summed E-state index contributed by atoms with van der Waals surface area (Å²) >= 11 is 0. The molecule has 2 aromatic heterocycles. The van der Waals surface area contributed by atoms with E-state index in [1.807, 2.05) is 66.2 Å². The third-order valence-electron chi connectivity index (χ3n) is 4.67. The van der Waals surface area contributed by atoms with Gasteiger partial charge in [0.05, 0.1) is 11.1 Å². The summed E-state index contributed by atoms with van der Waals surface area (Å²) in [5.41, 5.74) is 11.7. The molecule has 0 unspecified atom stereocenters. The maximum absolute atomic E-state index is 11.5. The molecule has 0 atom stereocenters. The molecule has 0 bridgehead atoms. The van der Waals surface area contributed by atoms with Crippen molar-refractivity contribution in [2.24, 2.45) is 7.05 Å². The van der Waals surface area contributed by atoms with Gasteiger partial charge in [-0.15, -0.1) is 0 Å². The topological polar surface area (TPSA) is 85.8 Å². The molecule has 2 heterocycles. The summed E-state index contributed by atoms with van der Waals surface area (Å²) < 4.78 is 2.02. The van der Waals surface area contributed by atoms with E-state index in [0.717, 1.165) is 33.4 Å². The highest BCUT2D eigenvalue weighted by molar-refractivity contribution is 6.07. The molecule has 6 nitrogen and oxygen atoms in total. The summed E-state index contributed by atoms with van der Waals surface area (Å²) in [4.78, 5) is 20.2. The van der Waals surface area contributed by atoms with Crippen LogP contribution in [0, 0.1) is 0 Å². The van der Waals surface area contributed by atoms with Crippen LogP contribution < -0.4 is 11.1 Å². The van der Waals surface area contributed by atoms with Crippen molar-refractivity contribution in [3.05, 3.63) is 73.6 Å². The maximum atomic E-state index is 11.5. The van der Waals surface area contributed by atoms with Crippen LogP contribution in [0.4, 0.5) is 11.5 Å². The van der Waals surface area contributed by atoms with Crippen LogP contribution in [0.5, 0.6) is 0 Å². The molecule has 3 N–H and O–H groups in total. The van der Waals surface area contributed by atoms with Crippen LogP contribution in [-0.2, 0) is 11.8 Å². The number of amides is 1. The number of aromatic nitrogens is 3. The molecule has 0 fully saturated rings. The fourth-order valence-corrected chi connectivity index (χ4v) is 3.40. The van der Waals surface area contributed by atoms with Crippen molar-refractivity contribution in [1.29, 1.82) is 0 Å². The maximum Gasteiger partial charge on any atom is 0.247 e. The number of fused-ring (bicyclic) bond motifs is 1. The monoisotopic (exact) mass is 369 g/mol. The average Bonchev–Trinajstić information content (AvgIpc) is 3.03. The summed E-state index contributed by atoms with van der Waals surface area (Å²) in [5, 5.41) is 3.59. The number of hydrogen-bond donors (Lipinski definition) is 2. The van der Waals surface area contributed by atoms with Gasteiger partial charge in [-0.2, -0.15) is 0 Å². The molecule has 2 aromatic carbocycles. The number of nitrogens with two attached hydrogens (primary N) is 1. The average molecular weight is 369 g/mol. The summed E-state index contributed by atoms with van der Waals surface area (Å²) in [6.45, 7) is 3.47. The lowest BCUT2D eigenvalue weighted by Crippen LogP contribution is -2.06. The standard InChI is InChI=1S/C22H19N5O/c1-3-17(28)26-16-11-9-15(10-12-16)20-18(14-7-5-4-6-8-14)19-21(23)24-13-25-22(19)27(20)2/h3-13H,1H2,2H3,(H,26,28)(H2,23,24,25). The number of benzene rings is 2. The molecular formula is C22H19N5O. The Balaban J connectivity index is 1.94. The van der Waals surface area contributed by atoms with Crippen LogP contribution in [0.2, 0.25) is 0 Å². The van der Waals surface area contributed by atoms with E-state index in [-0.39, 0.29) is 5.91 Å². The Morgan fingerprint density at radius 3 is 2.46 bits per heavy atom. The van der Waals surface area contributed by atoms with Crippen molar-refractivity contribution in [2.75, 3.05) is 11.1 Å². The Morgan fingerprint density at radius 1 is 1.07 bits per heavy atom. The van der Waals surface area contributed by atoms with Crippen molar-refractivity contribution >= 4 is 28.4 Å². The van der Waals surface area contributed by atoms with Crippen LogP contribution >= 0.6 is 0 Å². The normalized spacial score (nSPS) is 10.8. The van der Waals surface area contributed by atoms with E-state index < -0.39 is 0 Å². The second-order valence-electron chi connectivity index (χ2n) is 6.38. The number of rotatable bonds is 4. The molecule has 6 heteroatoms. The summed E-state index contributed by atoms with van der Waals surface area (Å²) in [6, 6.07) is 17.7. The van der Waals surface area contributed by atoms with Crippen molar-refractivity contribution in [3.8, 4) is 22.4 Å². The second kappa shape index (κ2) is 7.00. The first-order chi connectivity index (χ1) is 13.6. The van der Waals surface area contributed by atoms with E-state index in [2.05, 4.69) is 21.9 Å². The van der Waals surface area contributed by atoms with Gasteiger partial charge in [0.1, 0.15) is 17.8 Å². The Bertz CT molecular complexity index is 1180. The molecule has 0 saturated heterocycles. The fourth-order valence-electron chi connectivity index (χ4n) is 3.40.